The number of nitrogens with one attached hydrogen (secondary N) is 1. The molecule has 0 aromatic heterocycles. The fourth-order valence-corrected chi connectivity index (χ4v) is 1.87. The third kappa shape index (κ3) is 3.80. The molecule has 1 aromatic rings. The van der Waals surface area contributed by atoms with Gasteiger partial charge in [0.25, 0.3) is 0 Å². The van der Waals surface area contributed by atoms with Gasteiger partial charge in [-0.3, -0.25) is 0 Å². The predicted molar refractivity (Wildman–Crippen MR) is 62.9 cm³/mol. The van der Waals surface area contributed by atoms with E-state index in [0.717, 1.165) is 24.8 Å². The predicted octanol–water partition coefficient (Wildman–Crippen LogP) is 3.41. The minimum Gasteiger partial charge on any atom is -0.317 e. The molecule has 1 aromatic carbocycles. The molecule has 84 valence electrons. The van der Waals surface area contributed by atoms with E-state index in [1.54, 1.807) is 6.07 Å². The number of halogens is 2. The van der Waals surface area contributed by atoms with Crippen molar-refractivity contribution in [2.75, 3.05) is 7.05 Å². The van der Waals surface area contributed by atoms with Crippen LogP contribution in [0.1, 0.15) is 25.3 Å². The fraction of sp³-hybridized carbons (Fsp3) is 0.500. The lowest BCUT2D eigenvalue weighted by atomic mass is 10.0. The Kier molecular flexibility index (Phi) is 5.06. The monoisotopic (exact) mass is 229 g/mol. The van der Waals surface area contributed by atoms with Crippen molar-refractivity contribution in [3.05, 3.63) is 34.6 Å². The molecule has 15 heavy (non-hydrogen) atoms. The van der Waals surface area contributed by atoms with Gasteiger partial charge >= 0.3 is 0 Å². The van der Waals surface area contributed by atoms with Crippen LogP contribution in [0.15, 0.2) is 18.2 Å². The summed E-state index contributed by atoms with van der Waals surface area (Å²) in [6.07, 6.45) is 3.01. The van der Waals surface area contributed by atoms with Crippen LogP contribution >= 0.6 is 11.6 Å². The summed E-state index contributed by atoms with van der Waals surface area (Å²) in [4.78, 5) is 0. The first-order chi connectivity index (χ1) is 7.17. The Morgan fingerprint density at radius 3 is 2.73 bits per heavy atom. The van der Waals surface area contributed by atoms with Gasteiger partial charge in [0, 0.05) is 11.1 Å². The Balaban J connectivity index is 2.57. The Labute approximate surface area is 95.6 Å². The molecular formula is C12H17ClFN. The van der Waals surface area contributed by atoms with Crippen molar-refractivity contribution in [3.63, 3.8) is 0 Å². The van der Waals surface area contributed by atoms with Gasteiger partial charge in [-0.2, -0.15) is 0 Å². The van der Waals surface area contributed by atoms with Crippen LogP contribution in [0.3, 0.4) is 0 Å². The number of hydrogen-bond donors (Lipinski definition) is 1. The largest absolute Gasteiger partial charge is 0.317 e. The van der Waals surface area contributed by atoms with Gasteiger partial charge in [0.1, 0.15) is 5.82 Å². The van der Waals surface area contributed by atoms with Crippen LogP contribution < -0.4 is 5.32 Å². The lowest BCUT2D eigenvalue weighted by Crippen LogP contribution is -2.24. The summed E-state index contributed by atoms with van der Waals surface area (Å²) < 4.78 is 12.8. The lowest BCUT2D eigenvalue weighted by molar-refractivity contribution is 0.508. The van der Waals surface area contributed by atoms with E-state index < -0.39 is 0 Å². The highest BCUT2D eigenvalue weighted by Gasteiger charge is 2.06. The van der Waals surface area contributed by atoms with Gasteiger partial charge in [-0.15, -0.1) is 0 Å². The van der Waals surface area contributed by atoms with E-state index in [2.05, 4.69) is 12.2 Å². The smallest absolute Gasteiger partial charge is 0.124 e. The van der Waals surface area contributed by atoms with Crippen molar-refractivity contribution in [3.8, 4) is 0 Å². The van der Waals surface area contributed by atoms with Crippen molar-refractivity contribution in [2.24, 2.45) is 0 Å². The molecule has 1 rings (SSSR count). The van der Waals surface area contributed by atoms with Crippen LogP contribution in [0.4, 0.5) is 4.39 Å². The van der Waals surface area contributed by atoms with E-state index >= 15 is 0 Å². The molecule has 0 aliphatic heterocycles. The van der Waals surface area contributed by atoms with E-state index in [0.29, 0.717) is 11.1 Å². The van der Waals surface area contributed by atoms with Gasteiger partial charge in [0.05, 0.1) is 0 Å². The van der Waals surface area contributed by atoms with Crippen molar-refractivity contribution in [1.29, 1.82) is 0 Å². The fourth-order valence-electron chi connectivity index (χ4n) is 1.61. The third-order valence-corrected chi connectivity index (χ3v) is 3.03. The topological polar surface area (TPSA) is 12.0 Å². The maximum atomic E-state index is 12.8. The van der Waals surface area contributed by atoms with Gasteiger partial charge in [0.15, 0.2) is 0 Å². The van der Waals surface area contributed by atoms with E-state index in [-0.39, 0.29) is 5.82 Å². The first-order valence-corrected chi connectivity index (χ1v) is 5.66. The quantitative estimate of drug-likeness (QED) is 0.816. The molecule has 1 atom stereocenters. The van der Waals surface area contributed by atoms with Crippen molar-refractivity contribution < 1.29 is 4.39 Å². The molecule has 0 amide bonds. The number of hydrogen-bond acceptors (Lipinski definition) is 1. The molecular weight excluding hydrogens is 213 g/mol. The number of rotatable bonds is 5. The summed E-state index contributed by atoms with van der Waals surface area (Å²) >= 11 is 5.94. The van der Waals surface area contributed by atoms with Crippen LogP contribution in [0.2, 0.25) is 5.02 Å². The molecule has 1 N–H and O–H groups in total. The van der Waals surface area contributed by atoms with Crippen LogP contribution in [0.25, 0.3) is 0 Å². The van der Waals surface area contributed by atoms with Gasteiger partial charge in [-0.05, 0) is 44.0 Å². The van der Waals surface area contributed by atoms with Crippen molar-refractivity contribution in [1.82, 2.24) is 5.32 Å². The Morgan fingerprint density at radius 2 is 2.20 bits per heavy atom. The summed E-state index contributed by atoms with van der Waals surface area (Å²) in [7, 11) is 1.96. The first-order valence-electron chi connectivity index (χ1n) is 5.28. The highest BCUT2D eigenvalue weighted by atomic mass is 35.5. The highest BCUT2D eigenvalue weighted by Crippen LogP contribution is 2.19. The standard InChI is InChI=1S/C12H17ClFN/c1-3-11(15-2)7-5-9-4-6-10(14)8-12(9)13/h4,6,8,11,15H,3,5,7H2,1-2H3. The Morgan fingerprint density at radius 1 is 1.47 bits per heavy atom. The average Bonchev–Trinajstić information content (AvgIpc) is 2.22. The highest BCUT2D eigenvalue weighted by molar-refractivity contribution is 6.31. The van der Waals surface area contributed by atoms with Crippen LogP contribution in [-0.2, 0) is 6.42 Å². The van der Waals surface area contributed by atoms with Crippen molar-refractivity contribution >= 4 is 11.6 Å². The number of aryl methyl sites for hydroxylation is 1. The normalized spacial score (nSPS) is 12.8. The summed E-state index contributed by atoms with van der Waals surface area (Å²) in [6.45, 7) is 2.15. The zero-order valence-electron chi connectivity index (χ0n) is 9.19. The van der Waals surface area contributed by atoms with Gasteiger partial charge in [0.2, 0.25) is 0 Å². The molecule has 1 unspecified atom stereocenters. The molecule has 0 bridgehead atoms. The van der Waals surface area contributed by atoms with Gasteiger partial charge in [-0.1, -0.05) is 24.6 Å². The number of benzene rings is 1. The SMILES string of the molecule is CCC(CCc1ccc(F)cc1Cl)NC. The van der Waals surface area contributed by atoms with Crippen LogP contribution in [-0.4, -0.2) is 13.1 Å². The van der Waals surface area contributed by atoms with Gasteiger partial charge in [-0.25, -0.2) is 4.39 Å². The minimum absolute atomic E-state index is 0.274. The lowest BCUT2D eigenvalue weighted by Gasteiger charge is -2.13. The summed E-state index contributed by atoms with van der Waals surface area (Å²) in [5.41, 5.74) is 1.02. The van der Waals surface area contributed by atoms with Crippen molar-refractivity contribution in [2.45, 2.75) is 32.2 Å². The van der Waals surface area contributed by atoms with Crippen LogP contribution in [0, 0.1) is 5.82 Å². The molecule has 0 heterocycles. The molecule has 0 spiro atoms. The van der Waals surface area contributed by atoms with Gasteiger partial charge < -0.3 is 5.32 Å². The molecule has 0 fully saturated rings. The molecule has 0 saturated heterocycles. The minimum atomic E-state index is -0.274. The summed E-state index contributed by atoms with van der Waals surface area (Å²) in [6, 6.07) is 5.10. The third-order valence-electron chi connectivity index (χ3n) is 2.68. The van der Waals surface area contributed by atoms with E-state index in [1.165, 1.54) is 12.1 Å². The maximum absolute atomic E-state index is 12.8. The van der Waals surface area contributed by atoms with Crippen LogP contribution in [0.5, 0.6) is 0 Å². The Bertz CT molecular complexity index is 310. The average molecular weight is 230 g/mol. The zero-order valence-corrected chi connectivity index (χ0v) is 9.94. The summed E-state index contributed by atoms with van der Waals surface area (Å²) in [5.74, 6) is -0.274. The molecule has 0 radical (unpaired) electrons. The second-order valence-corrected chi connectivity index (χ2v) is 4.08. The first kappa shape index (κ1) is 12.5. The molecule has 3 heteroatoms. The molecule has 1 nitrogen and oxygen atoms in total. The summed E-state index contributed by atoms with van der Waals surface area (Å²) in [5, 5.41) is 3.76. The van der Waals surface area contributed by atoms with E-state index in [4.69, 9.17) is 11.6 Å². The van der Waals surface area contributed by atoms with E-state index in [1.807, 2.05) is 7.05 Å². The molecule has 0 aliphatic carbocycles. The second kappa shape index (κ2) is 6.09. The van der Waals surface area contributed by atoms with E-state index in [9.17, 15) is 4.39 Å². The maximum Gasteiger partial charge on any atom is 0.124 e. The second-order valence-electron chi connectivity index (χ2n) is 3.67. The molecule has 0 aliphatic rings. The zero-order chi connectivity index (χ0) is 11.3. The Hall–Kier alpha value is -0.600. The molecule has 0 saturated carbocycles.